The van der Waals surface area contributed by atoms with Crippen LogP contribution in [-0.4, -0.2) is 53.3 Å². The Morgan fingerprint density at radius 2 is 1.88 bits per heavy atom. The zero-order valence-electron chi connectivity index (χ0n) is 10.3. The van der Waals surface area contributed by atoms with Crippen molar-refractivity contribution in [3.8, 4) is 0 Å². The Morgan fingerprint density at radius 3 is 2.44 bits per heavy atom. The second kappa shape index (κ2) is 5.61. The highest BCUT2D eigenvalue weighted by molar-refractivity contribution is 7.85. The van der Waals surface area contributed by atoms with Crippen LogP contribution in [0.1, 0.15) is 26.2 Å². The van der Waals surface area contributed by atoms with Crippen LogP contribution in [0.5, 0.6) is 0 Å². The van der Waals surface area contributed by atoms with Gasteiger partial charge in [-0.1, -0.05) is 6.92 Å². The number of nitrogens with one attached hydrogen (secondary N) is 1. The molecule has 0 unspecified atom stereocenters. The summed E-state index contributed by atoms with van der Waals surface area (Å²) < 4.78 is 11.3. The van der Waals surface area contributed by atoms with E-state index in [1.807, 2.05) is 0 Å². The van der Waals surface area contributed by atoms with Gasteiger partial charge in [-0.05, 0) is 37.8 Å². The smallest absolute Gasteiger partial charge is 0.0363 e. The molecule has 0 aromatic heterocycles. The standard InChI is InChI=1S/C12H24N2OS/c1-2-12(3-5-13-6-4-12)11-14-7-9-16(15)10-8-14/h13H,2-11H2,1H3. The van der Waals surface area contributed by atoms with Gasteiger partial charge in [-0.25, -0.2) is 0 Å². The fourth-order valence-corrected chi connectivity index (χ4v) is 4.02. The van der Waals surface area contributed by atoms with E-state index >= 15 is 0 Å². The molecule has 0 saturated carbocycles. The molecule has 0 aliphatic carbocycles. The highest BCUT2D eigenvalue weighted by Gasteiger charge is 2.32. The third kappa shape index (κ3) is 3.05. The van der Waals surface area contributed by atoms with Gasteiger partial charge in [0.25, 0.3) is 0 Å². The first-order valence-electron chi connectivity index (χ1n) is 6.52. The number of piperidine rings is 1. The Morgan fingerprint density at radius 1 is 1.25 bits per heavy atom. The summed E-state index contributed by atoms with van der Waals surface area (Å²) in [4.78, 5) is 2.54. The molecular weight excluding hydrogens is 220 g/mol. The minimum absolute atomic E-state index is 0.532. The van der Waals surface area contributed by atoms with Crippen LogP contribution in [0.4, 0.5) is 0 Å². The van der Waals surface area contributed by atoms with Gasteiger partial charge in [0.1, 0.15) is 0 Å². The normalized spacial score (nSPS) is 28.1. The van der Waals surface area contributed by atoms with Crippen LogP contribution in [0, 0.1) is 5.41 Å². The molecule has 0 bridgehead atoms. The molecule has 1 N–H and O–H groups in total. The van der Waals surface area contributed by atoms with Gasteiger partial charge in [-0.3, -0.25) is 4.21 Å². The summed E-state index contributed by atoms with van der Waals surface area (Å²) in [6.45, 7) is 7.99. The summed E-state index contributed by atoms with van der Waals surface area (Å²) in [5, 5.41) is 3.45. The fraction of sp³-hybridized carbons (Fsp3) is 1.00. The molecule has 0 aromatic rings. The quantitative estimate of drug-likeness (QED) is 0.798. The van der Waals surface area contributed by atoms with E-state index in [0.29, 0.717) is 5.41 Å². The molecule has 0 aromatic carbocycles. The molecule has 2 aliphatic rings. The molecule has 4 heteroatoms. The Labute approximate surface area is 101 Å². The van der Waals surface area contributed by atoms with E-state index in [-0.39, 0.29) is 0 Å². The van der Waals surface area contributed by atoms with E-state index in [2.05, 4.69) is 17.1 Å². The number of nitrogens with zero attached hydrogens (tertiary/aromatic N) is 1. The molecule has 2 heterocycles. The first-order valence-corrected chi connectivity index (χ1v) is 8.01. The average Bonchev–Trinajstić information content (AvgIpc) is 2.33. The van der Waals surface area contributed by atoms with Crippen molar-refractivity contribution in [2.45, 2.75) is 26.2 Å². The molecule has 0 spiro atoms. The van der Waals surface area contributed by atoms with Crippen molar-refractivity contribution in [3.05, 3.63) is 0 Å². The van der Waals surface area contributed by atoms with E-state index in [9.17, 15) is 4.21 Å². The molecule has 16 heavy (non-hydrogen) atoms. The van der Waals surface area contributed by atoms with Crippen LogP contribution in [0.15, 0.2) is 0 Å². The van der Waals surface area contributed by atoms with Crippen molar-refractivity contribution in [2.24, 2.45) is 5.41 Å². The molecule has 3 nitrogen and oxygen atoms in total. The van der Waals surface area contributed by atoms with Gasteiger partial charge in [-0.2, -0.15) is 0 Å². The minimum Gasteiger partial charge on any atom is -0.317 e. The van der Waals surface area contributed by atoms with Gasteiger partial charge in [0.05, 0.1) is 0 Å². The lowest BCUT2D eigenvalue weighted by Crippen LogP contribution is -2.48. The van der Waals surface area contributed by atoms with Crippen LogP contribution in [0.2, 0.25) is 0 Å². The highest BCUT2D eigenvalue weighted by atomic mass is 32.2. The minimum atomic E-state index is -0.537. The van der Waals surface area contributed by atoms with Gasteiger partial charge < -0.3 is 10.2 Å². The van der Waals surface area contributed by atoms with Crippen LogP contribution in [0.25, 0.3) is 0 Å². The van der Waals surface area contributed by atoms with Crippen LogP contribution >= 0.6 is 0 Å². The van der Waals surface area contributed by atoms with E-state index in [1.54, 1.807) is 0 Å². The van der Waals surface area contributed by atoms with E-state index in [0.717, 1.165) is 24.6 Å². The van der Waals surface area contributed by atoms with Crippen LogP contribution < -0.4 is 5.32 Å². The van der Waals surface area contributed by atoms with Crippen molar-refractivity contribution in [3.63, 3.8) is 0 Å². The molecule has 0 radical (unpaired) electrons. The Kier molecular flexibility index (Phi) is 4.39. The lowest BCUT2D eigenvalue weighted by atomic mass is 9.76. The monoisotopic (exact) mass is 244 g/mol. The van der Waals surface area contributed by atoms with E-state index in [4.69, 9.17) is 0 Å². The lowest BCUT2D eigenvalue weighted by molar-refractivity contribution is 0.113. The molecular formula is C12H24N2OS. The third-order valence-electron chi connectivity index (χ3n) is 4.24. The number of rotatable bonds is 3. The van der Waals surface area contributed by atoms with Crippen molar-refractivity contribution in [1.82, 2.24) is 10.2 Å². The van der Waals surface area contributed by atoms with Crippen molar-refractivity contribution < 1.29 is 4.21 Å². The van der Waals surface area contributed by atoms with Crippen molar-refractivity contribution in [2.75, 3.05) is 44.2 Å². The first kappa shape index (κ1) is 12.5. The lowest BCUT2D eigenvalue weighted by Gasteiger charge is -2.41. The molecule has 2 aliphatic heterocycles. The maximum Gasteiger partial charge on any atom is 0.0363 e. The van der Waals surface area contributed by atoms with E-state index < -0.39 is 10.8 Å². The summed E-state index contributed by atoms with van der Waals surface area (Å²) >= 11 is 0. The summed E-state index contributed by atoms with van der Waals surface area (Å²) in [7, 11) is -0.537. The highest BCUT2D eigenvalue weighted by Crippen LogP contribution is 2.33. The van der Waals surface area contributed by atoms with Gasteiger partial charge in [-0.15, -0.1) is 0 Å². The SMILES string of the molecule is CCC1(CN2CCS(=O)CC2)CCNCC1. The first-order chi connectivity index (χ1) is 7.74. The topological polar surface area (TPSA) is 32.3 Å². The van der Waals surface area contributed by atoms with Crippen molar-refractivity contribution >= 4 is 10.8 Å². The van der Waals surface area contributed by atoms with Crippen molar-refractivity contribution in [1.29, 1.82) is 0 Å². The van der Waals surface area contributed by atoms with E-state index in [1.165, 1.54) is 38.9 Å². The molecule has 94 valence electrons. The second-order valence-corrected chi connectivity index (χ2v) is 6.92. The zero-order chi connectivity index (χ0) is 11.4. The van der Waals surface area contributed by atoms with Gasteiger partial charge in [0, 0.05) is 41.9 Å². The molecule has 2 fully saturated rings. The largest absolute Gasteiger partial charge is 0.317 e. The molecule has 0 atom stereocenters. The fourth-order valence-electron chi connectivity index (χ4n) is 2.89. The predicted molar refractivity (Wildman–Crippen MR) is 69.1 cm³/mol. The van der Waals surface area contributed by atoms with Crippen LogP contribution in [-0.2, 0) is 10.8 Å². The summed E-state index contributed by atoms with van der Waals surface area (Å²) in [6.07, 6.45) is 3.90. The Hall–Kier alpha value is 0.0700. The maximum absolute atomic E-state index is 11.3. The van der Waals surface area contributed by atoms with Crippen LogP contribution in [0.3, 0.4) is 0 Å². The van der Waals surface area contributed by atoms with Gasteiger partial charge >= 0.3 is 0 Å². The summed E-state index contributed by atoms with van der Waals surface area (Å²) in [5.41, 5.74) is 0.532. The summed E-state index contributed by atoms with van der Waals surface area (Å²) in [6, 6.07) is 0. The molecule has 2 saturated heterocycles. The van der Waals surface area contributed by atoms with Gasteiger partial charge in [0.15, 0.2) is 0 Å². The zero-order valence-corrected chi connectivity index (χ0v) is 11.2. The Bertz CT molecular complexity index is 241. The molecule has 2 rings (SSSR count). The number of hydrogen-bond donors (Lipinski definition) is 1. The molecule has 0 amide bonds. The predicted octanol–water partition coefficient (Wildman–Crippen LogP) is 0.831. The van der Waals surface area contributed by atoms with Gasteiger partial charge in [0.2, 0.25) is 0 Å². The average molecular weight is 244 g/mol. The maximum atomic E-state index is 11.3. The summed E-state index contributed by atoms with van der Waals surface area (Å²) in [5.74, 6) is 1.77. The second-order valence-electron chi connectivity index (χ2n) is 5.23. The third-order valence-corrected chi connectivity index (χ3v) is 5.52. The number of hydrogen-bond acceptors (Lipinski definition) is 3. The Balaban J connectivity index is 1.88.